The summed E-state index contributed by atoms with van der Waals surface area (Å²) in [5, 5.41) is 11.0. The largest absolute Gasteiger partial charge is 0.497 e. The first kappa shape index (κ1) is 18.4. The van der Waals surface area contributed by atoms with Gasteiger partial charge in [-0.05, 0) is 37.3 Å². The molecule has 146 valence electrons. The average molecular weight is 379 g/mol. The molecule has 3 aromatic rings. The number of rotatable bonds is 5. The van der Waals surface area contributed by atoms with Crippen LogP contribution in [-0.2, 0) is 4.79 Å². The third kappa shape index (κ3) is 3.31. The first-order valence-electron chi connectivity index (χ1n) is 9.51. The van der Waals surface area contributed by atoms with Crippen molar-refractivity contribution in [2.45, 2.75) is 13.0 Å². The lowest BCUT2D eigenvalue weighted by atomic mass is 10.0. The van der Waals surface area contributed by atoms with Gasteiger partial charge < -0.3 is 19.7 Å². The first-order chi connectivity index (χ1) is 13.6. The fourth-order valence-corrected chi connectivity index (χ4v) is 4.14. The van der Waals surface area contributed by atoms with Crippen LogP contribution < -0.4 is 9.64 Å². The van der Waals surface area contributed by atoms with Gasteiger partial charge in [0.15, 0.2) is 0 Å². The number of nitrogens with zero attached hydrogens (tertiary/aromatic N) is 2. The van der Waals surface area contributed by atoms with Crippen molar-refractivity contribution >= 4 is 22.6 Å². The van der Waals surface area contributed by atoms with E-state index in [1.807, 2.05) is 55.5 Å². The Bertz CT molecular complexity index is 972. The zero-order valence-electron chi connectivity index (χ0n) is 16.2. The number of ether oxygens (including phenoxy) is 1. The molecule has 6 nitrogen and oxygen atoms in total. The van der Waals surface area contributed by atoms with Crippen molar-refractivity contribution in [2.75, 3.05) is 38.2 Å². The predicted molar refractivity (Wildman–Crippen MR) is 110 cm³/mol. The zero-order valence-corrected chi connectivity index (χ0v) is 16.2. The number of aromatic amines is 1. The number of benzene rings is 2. The Morgan fingerprint density at radius 1 is 1.07 bits per heavy atom. The van der Waals surface area contributed by atoms with Gasteiger partial charge in [0.05, 0.1) is 7.11 Å². The van der Waals surface area contributed by atoms with Crippen LogP contribution in [0.15, 0.2) is 48.5 Å². The van der Waals surface area contributed by atoms with Crippen LogP contribution in [0.5, 0.6) is 5.75 Å². The van der Waals surface area contributed by atoms with Crippen LogP contribution in [0.25, 0.3) is 10.9 Å². The molecule has 1 saturated heterocycles. The molecule has 2 N–H and O–H groups in total. The Labute approximate surface area is 164 Å². The molecule has 6 heteroatoms. The second-order valence-electron chi connectivity index (χ2n) is 7.17. The number of nitrogens with one attached hydrogen (secondary N) is 1. The number of methoxy groups -OCH3 is 1. The molecule has 0 amide bonds. The van der Waals surface area contributed by atoms with Crippen LogP contribution >= 0.6 is 0 Å². The maximum Gasteiger partial charge on any atom is 0.325 e. The Kier molecular flexibility index (Phi) is 4.96. The predicted octanol–water partition coefficient (Wildman–Crippen LogP) is 3.43. The van der Waals surface area contributed by atoms with Crippen LogP contribution in [0, 0.1) is 6.92 Å². The highest BCUT2D eigenvalue weighted by Gasteiger charge is 2.33. The summed E-state index contributed by atoms with van der Waals surface area (Å²) >= 11 is 0. The van der Waals surface area contributed by atoms with E-state index in [2.05, 4.69) is 14.8 Å². The quantitative estimate of drug-likeness (QED) is 0.711. The number of anilines is 1. The van der Waals surface area contributed by atoms with Crippen molar-refractivity contribution in [2.24, 2.45) is 0 Å². The Hall–Kier alpha value is -2.99. The number of para-hydroxylation sites is 1. The number of piperazine rings is 1. The molecule has 2 aromatic carbocycles. The number of aromatic nitrogens is 1. The van der Waals surface area contributed by atoms with E-state index in [4.69, 9.17) is 4.74 Å². The third-order valence-corrected chi connectivity index (χ3v) is 5.57. The van der Waals surface area contributed by atoms with Crippen molar-refractivity contribution in [1.29, 1.82) is 0 Å². The Balaban J connectivity index is 1.55. The van der Waals surface area contributed by atoms with Gasteiger partial charge >= 0.3 is 5.97 Å². The van der Waals surface area contributed by atoms with E-state index in [1.165, 1.54) is 0 Å². The van der Waals surface area contributed by atoms with Gasteiger partial charge in [0.25, 0.3) is 0 Å². The van der Waals surface area contributed by atoms with Crippen LogP contribution in [-0.4, -0.2) is 54.2 Å². The van der Waals surface area contributed by atoms with Gasteiger partial charge in [0.2, 0.25) is 0 Å². The highest BCUT2D eigenvalue weighted by molar-refractivity contribution is 5.90. The summed E-state index contributed by atoms with van der Waals surface area (Å²) in [7, 11) is 1.66. The smallest absolute Gasteiger partial charge is 0.325 e. The summed E-state index contributed by atoms with van der Waals surface area (Å²) < 4.78 is 5.22. The van der Waals surface area contributed by atoms with Gasteiger partial charge in [-0.25, -0.2) is 0 Å². The van der Waals surface area contributed by atoms with E-state index in [0.717, 1.165) is 46.7 Å². The summed E-state index contributed by atoms with van der Waals surface area (Å²) in [5.41, 5.74) is 3.92. The summed E-state index contributed by atoms with van der Waals surface area (Å²) in [4.78, 5) is 19.9. The van der Waals surface area contributed by atoms with E-state index in [9.17, 15) is 9.90 Å². The molecule has 0 radical (unpaired) electrons. The lowest BCUT2D eigenvalue weighted by molar-refractivity contribution is -0.143. The molecule has 1 aromatic heterocycles. The lowest BCUT2D eigenvalue weighted by Crippen LogP contribution is -2.49. The molecule has 0 aliphatic carbocycles. The van der Waals surface area contributed by atoms with E-state index in [1.54, 1.807) is 7.11 Å². The summed E-state index contributed by atoms with van der Waals surface area (Å²) in [5.74, 6) is 0.0360. The average Bonchev–Trinajstić information content (AvgIpc) is 3.04. The number of fused-ring (bicyclic) bond motifs is 1. The van der Waals surface area contributed by atoms with Crippen LogP contribution in [0.2, 0.25) is 0 Å². The minimum absolute atomic E-state index is 0.644. The number of aliphatic carboxylic acids is 1. The van der Waals surface area contributed by atoms with E-state index < -0.39 is 12.0 Å². The van der Waals surface area contributed by atoms with Crippen molar-refractivity contribution in [3.05, 3.63) is 59.8 Å². The topological polar surface area (TPSA) is 68.8 Å². The van der Waals surface area contributed by atoms with Crippen molar-refractivity contribution in [1.82, 2.24) is 9.88 Å². The van der Waals surface area contributed by atoms with E-state index >= 15 is 0 Å². The number of hydrogen-bond donors (Lipinski definition) is 2. The SMILES string of the molecule is COc1ccc(N2CCN(C(C(=O)O)c3c(C)[nH]c4ccccc34)CC2)cc1. The van der Waals surface area contributed by atoms with Crippen LogP contribution in [0.3, 0.4) is 0 Å². The van der Waals surface area contributed by atoms with Crippen molar-refractivity contribution in [3.8, 4) is 5.75 Å². The van der Waals surface area contributed by atoms with Crippen molar-refractivity contribution < 1.29 is 14.6 Å². The van der Waals surface area contributed by atoms with E-state index in [0.29, 0.717) is 13.1 Å². The minimum Gasteiger partial charge on any atom is -0.497 e. The lowest BCUT2D eigenvalue weighted by Gasteiger charge is -2.39. The standard InChI is InChI=1S/C22H25N3O3/c1-15-20(18-5-3-4-6-19(18)23-15)21(22(26)27)25-13-11-24(12-14-25)16-7-9-17(28-2)10-8-16/h3-10,21,23H,11-14H2,1-2H3,(H,26,27). The maximum absolute atomic E-state index is 12.2. The molecule has 1 aliphatic rings. The molecule has 28 heavy (non-hydrogen) atoms. The molecule has 0 saturated carbocycles. The molecule has 2 heterocycles. The first-order valence-corrected chi connectivity index (χ1v) is 9.51. The number of H-pyrrole nitrogens is 1. The second kappa shape index (κ2) is 7.56. The summed E-state index contributed by atoms with van der Waals surface area (Å²) in [6, 6.07) is 15.3. The Morgan fingerprint density at radius 2 is 1.75 bits per heavy atom. The molecule has 0 spiro atoms. The highest BCUT2D eigenvalue weighted by Crippen LogP contribution is 2.33. The number of carboxylic acids is 1. The van der Waals surface area contributed by atoms with Gasteiger partial charge in [-0.2, -0.15) is 0 Å². The fraction of sp³-hybridized carbons (Fsp3) is 0.318. The minimum atomic E-state index is -0.800. The molecule has 0 bridgehead atoms. The normalized spacial score (nSPS) is 16.3. The number of carbonyl (C=O) groups is 1. The van der Waals surface area contributed by atoms with E-state index in [-0.39, 0.29) is 0 Å². The van der Waals surface area contributed by atoms with Gasteiger partial charge in [0.1, 0.15) is 11.8 Å². The van der Waals surface area contributed by atoms with Crippen molar-refractivity contribution in [3.63, 3.8) is 0 Å². The monoisotopic (exact) mass is 379 g/mol. The van der Waals surface area contributed by atoms with Gasteiger partial charge in [0, 0.05) is 54.0 Å². The van der Waals surface area contributed by atoms with Gasteiger partial charge in [-0.1, -0.05) is 18.2 Å². The number of carboxylic acid groups (broad SMARTS) is 1. The molecule has 1 unspecified atom stereocenters. The third-order valence-electron chi connectivity index (χ3n) is 5.57. The second-order valence-corrected chi connectivity index (χ2v) is 7.17. The molecule has 1 aliphatic heterocycles. The summed E-state index contributed by atoms with van der Waals surface area (Å²) in [6.07, 6.45) is 0. The number of hydrogen-bond acceptors (Lipinski definition) is 4. The van der Waals surface area contributed by atoms with Crippen LogP contribution in [0.4, 0.5) is 5.69 Å². The fourth-order valence-electron chi connectivity index (χ4n) is 4.14. The molecular formula is C22H25N3O3. The van der Waals surface area contributed by atoms with Crippen LogP contribution in [0.1, 0.15) is 17.3 Å². The number of aryl methyl sites for hydroxylation is 1. The zero-order chi connectivity index (χ0) is 19.7. The Morgan fingerprint density at radius 3 is 2.39 bits per heavy atom. The summed E-state index contributed by atoms with van der Waals surface area (Å²) in [6.45, 7) is 4.93. The highest BCUT2D eigenvalue weighted by atomic mass is 16.5. The molecule has 4 rings (SSSR count). The van der Waals surface area contributed by atoms with Gasteiger partial charge in [-0.3, -0.25) is 9.69 Å². The molecular weight excluding hydrogens is 354 g/mol. The molecule has 1 atom stereocenters. The maximum atomic E-state index is 12.2. The molecule has 1 fully saturated rings. The van der Waals surface area contributed by atoms with Gasteiger partial charge in [-0.15, -0.1) is 0 Å².